The number of hydrogen-bond acceptors (Lipinski definition) is 3. The number of hydrogen-bond donors (Lipinski definition) is 1. The molecule has 1 rings (SSSR count). The lowest BCUT2D eigenvalue weighted by atomic mass is 10.1. The highest BCUT2D eigenvalue weighted by Crippen LogP contribution is 2.26. The maximum atomic E-state index is 13.0. The molecule has 1 aromatic carbocycles. The maximum absolute atomic E-state index is 13.0. The summed E-state index contributed by atoms with van der Waals surface area (Å²) in [6.45, 7) is 2.66. The van der Waals surface area contributed by atoms with Gasteiger partial charge in [-0.15, -0.1) is 0 Å². The Kier molecular flexibility index (Phi) is 5.22. The topological polar surface area (TPSA) is 38.7 Å². The SMILES string of the molecule is COCCCOc1cc(F)ccc1[C@H](C)O. The fraction of sp³-hybridized carbons (Fsp3) is 0.500. The van der Waals surface area contributed by atoms with E-state index in [0.29, 0.717) is 24.5 Å². The number of aliphatic hydroxyl groups excluding tert-OH is 1. The summed E-state index contributed by atoms with van der Waals surface area (Å²) in [5, 5.41) is 9.47. The molecule has 3 nitrogen and oxygen atoms in total. The van der Waals surface area contributed by atoms with Crippen LogP contribution in [0.3, 0.4) is 0 Å². The molecule has 0 aromatic heterocycles. The molecule has 0 spiro atoms. The van der Waals surface area contributed by atoms with Crippen molar-refractivity contribution in [3.63, 3.8) is 0 Å². The van der Waals surface area contributed by atoms with Gasteiger partial charge >= 0.3 is 0 Å². The first-order chi connectivity index (χ1) is 7.65. The zero-order valence-corrected chi connectivity index (χ0v) is 9.57. The van der Waals surface area contributed by atoms with Gasteiger partial charge in [-0.3, -0.25) is 0 Å². The number of benzene rings is 1. The highest BCUT2D eigenvalue weighted by atomic mass is 19.1. The zero-order valence-electron chi connectivity index (χ0n) is 9.57. The van der Waals surface area contributed by atoms with Crippen LogP contribution in [0, 0.1) is 5.82 Å². The minimum Gasteiger partial charge on any atom is -0.493 e. The van der Waals surface area contributed by atoms with Crippen LogP contribution >= 0.6 is 0 Å². The minimum absolute atomic E-state index is 0.369. The number of halogens is 1. The van der Waals surface area contributed by atoms with Crippen molar-refractivity contribution in [1.82, 2.24) is 0 Å². The van der Waals surface area contributed by atoms with Gasteiger partial charge in [0.1, 0.15) is 11.6 Å². The Hall–Kier alpha value is -1.13. The van der Waals surface area contributed by atoms with Gasteiger partial charge in [0.2, 0.25) is 0 Å². The van der Waals surface area contributed by atoms with Crippen LogP contribution in [0.4, 0.5) is 4.39 Å². The molecule has 0 saturated heterocycles. The van der Waals surface area contributed by atoms with Crippen molar-refractivity contribution >= 4 is 0 Å². The molecule has 0 aliphatic rings. The zero-order chi connectivity index (χ0) is 12.0. The van der Waals surface area contributed by atoms with Crippen molar-refractivity contribution in [1.29, 1.82) is 0 Å². The van der Waals surface area contributed by atoms with E-state index in [2.05, 4.69) is 0 Å². The third kappa shape index (κ3) is 3.79. The molecule has 0 radical (unpaired) electrons. The Bertz CT molecular complexity index is 326. The molecule has 0 saturated carbocycles. The molecule has 0 bridgehead atoms. The molecule has 0 heterocycles. The Morgan fingerprint density at radius 3 is 2.75 bits per heavy atom. The van der Waals surface area contributed by atoms with Crippen LogP contribution < -0.4 is 4.74 Å². The standard InChI is InChI=1S/C12H17FO3/c1-9(14)11-5-4-10(13)8-12(11)16-7-3-6-15-2/h4-5,8-9,14H,3,6-7H2,1-2H3/t9-/m0/s1. The molecule has 0 amide bonds. The summed E-state index contributed by atoms with van der Waals surface area (Å²) in [6.07, 6.45) is 0.0599. The molecule has 0 aliphatic carbocycles. The molecule has 1 aromatic rings. The van der Waals surface area contributed by atoms with E-state index in [9.17, 15) is 9.50 Å². The lowest BCUT2D eigenvalue weighted by molar-refractivity contribution is 0.166. The van der Waals surface area contributed by atoms with Crippen molar-refractivity contribution in [2.45, 2.75) is 19.4 Å². The molecule has 4 heteroatoms. The van der Waals surface area contributed by atoms with Crippen LogP contribution in [0.2, 0.25) is 0 Å². The van der Waals surface area contributed by atoms with Crippen LogP contribution in [0.5, 0.6) is 5.75 Å². The van der Waals surface area contributed by atoms with E-state index < -0.39 is 6.10 Å². The number of ether oxygens (including phenoxy) is 2. The lowest BCUT2D eigenvalue weighted by Crippen LogP contribution is -2.05. The molecule has 0 unspecified atom stereocenters. The van der Waals surface area contributed by atoms with Crippen LogP contribution in [0.25, 0.3) is 0 Å². The van der Waals surface area contributed by atoms with Gasteiger partial charge in [-0.1, -0.05) is 0 Å². The summed E-state index contributed by atoms with van der Waals surface area (Å²) in [7, 11) is 1.61. The third-order valence-electron chi connectivity index (χ3n) is 2.18. The number of methoxy groups -OCH3 is 1. The largest absolute Gasteiger partial charge is 0.493 e. The molecule has 1 atom stereocenters. The smallest absolute Gasteiger partial charge is 0.127 e. The molecular formula is C12H17FO3. The number of aliphatic hydroxyl groups is 1. The van der Waals surface area contributed by atoms with Crippen LogP contribution in [0.15, 0.2) is 18.2 Å². The maximum Gasteiger partial charge on any atom is 0.127 e. The van der Waals surface area contributed by atoms with E-state index in [0.717, 1.165) is 6.42 Å². The quantitative estimate of drug-likeness (QED) is 0.759. The second-order valence-corrected chi connectivity index (χ2v) is 3.55. The predicted molar refractivity (Wildman–Crippen MR) is 59.0 cm³/mol. The fourth-order valence-corrected chi connectivity index (χ4v) is 1.36. The summed E-state index contributed by atoms with van der Waals surface area (Å²) in [4.78, 5) is 0. The molecule has 0 fully saturated rings. The second kappa shape index (κ2) is 6.45. The Morgan fingerprint density at radius 1 is 1.38 bits per heavy atom. The van der Waals surface area contributed by atoms with E-state index in [1.807, 2.05) is 0 Å². The third-order valence-corrected chi connectivity index (χ3v) is 2.18. The first-order valence-electron chi connectivity index (χ1n) is 5.24. The van der Waals surface area contributed by atoms with Crippen molar-refractivity contribution in [2.75, 3.05) is 20.3 Å². The summed E-state index contributed by atoms with van der Waals surface area (Å²) in [6, 6.07) is 4.13. The molecule has 90 valence electrons. The molecular weight excluding hydrogens is 211 g/mol. The van der Waals surface area contributed by atoms with Gasteiger partial charge in [-0.2, -0.15) is 0 Å². The van der Waals surface area contributed by atoms with Crippen molar-refractivity contribution in [2.24, 2.45) is 0 Å². The number of rotatable bonds is 6. The molecule has 16 heavy (non-hydrogen) atoms. The van der Waals surface area contributed by atoms with Crippen molar-refractivity contribution < 1.29 is 19.0 Å². The van der Waals surface area contributed by atoms with Crippen LogP contribution in [-0.2, 0) is 4.74 Å². The Labute approximate surface area is 94.8 Å². The average Bonchev–Trinajstić information content (AvgIpc) is 2.24. The monoisotopic (exact) mass is 228 g/mol. The summed E-state index contributed by atoms with van der Waals surface area (Å²) in [5.41, 5.74) is 0.596. The fourth-order valence-electron chi connectivity index (χ4n) is 1.36. The van der Waals surface area contributed by atoms with Gasteiger partial charge in [-0.05, 0) is 19.1 Å². The van der Waals surface area contributed by atoms with E-state index in [-0.39, 0.29) is 5.82 Å². The molecule has 1 N–H and O–H groups in total. The van der Waals surface area contributed by atoms with E-state index in [1.54, 1.807) is 14.0 Å². The van der Waals surface area contributed by atoms with Gasteiger partial charge in [0, 0.05) is 31.8 Å². The highest BCUT2D eigenvalue weighted by Gasteiger charge is 2.10. The van der Waals surface area contributed by atoms with E-state index in [1.165, 1.54) is 18.2 Å². The van der Waals surface area contributed by atoms with E-state index in [4.69, 9.17) is 9.47 Å². The van der Waals surface area contributed by atoms with Crippen molar-refractivity contribution in [3.05, 3.63) is 29.6 Å². The van der Waals surface area contributed by atoms with Gasteiger partial charge < -0.3 is 14.6 Å². The van der Waals surface area contributed by atoms with E-state index >= 15 is 0 Å². The first-order valence-corrected chi connectivity index (χ1v) is 5.24. The Morgan fingerprint density at radius 2 is 2.12 bits per heavy atom. The van der Waals surface area contributed by atoms with Gasteiger partial charge in [0.25, 0.3) is 0 Å². The Balaban J connectivity index is 2.65. The minimum atomic E-state index is -0.668. The highest BCUT2D eigenvalue weighted by molar-refractivity contribution is 5.35. The first kappa shape index (κ1) is 12.9. The lowest BCUT2D eigenvalue weighted by Gasteiger charge is -2.13. The molecule has 0 aliphatic heterocycles. The van der Waals surface area contributed by atoms with Crippen LogP contribution in [0.1, 0.15) is 25.0 Å². The predicted octanol–water partition coefficient (Wildman–Crippen LogP) is 2.29. The second-order valence-electron chi connectivity index (χ2n) is 3.55. The average molecular weight is 228 g/mol. The summed E-state index contributed by atoms with van der Waals surface area (Å²) >= 11 is 0. The van der Waals surface area contributed by atoms with Gasteiger partial charge in [-0.25, -0.2) is 4.39 Å². The van der Waals surface area contributed by atoms with Gasteiger partial charge in [0.05, 0.1) is 12.7 Å². The van der Waals surface area contributed by atoms with Crippen LogP contribution in [-0.4, -0.2) is 25.4 Å². The normalized spacial score (nSPS) is 12.5. The van der Waals surface area contributed by atoms with Gasteiger partial charge in [0.15, 0.2) is 0 Å². The summed E-state index contributed by atoms with van der Waals surface area (Å²) in [5.74, 6) is 0.0252. The van der Waals surface area contributed by atoms with Crippen molar-refractivity contribution in [3.8, 4) is 5.75 Å². The summed E-state index contributed by atoms with van der Waals surface area (Å²) < 4.78 is 23.3.